The fourth-order valence-corrected chi connectivity index (χ4v) is 2.39. The molecule has 1 aromatic carbocycles. The van der Waals surface area contributed by atoms with Crippen LogP contribution in [-0.4, -0.2) is 20.4 Å². The second-order valence-electron chi connectivity index (χ2n) is 5.27. The van der Waals surface area contributed by atoms with E-state index in [-0.39, 0.29) is 24.1 Å². The highest BCUT2D eigenvalue weighted by Gasteiger charge is 2.11. The number of nitrogens with one attached hydrogen (secondary N) is 1. The number of fused-ring (bicyclic) bond motifs is 1. The van der Waals surface area contributed by atoms with Crippen molar-refractivity contribution in [1.82, 2.24) is 19.9 Å². The molecule has 2 heterocycles. The zero-order chi connectivity index (χ0) is 16.2. The Morgan fingerprint density at radius 3 is 2.83 bits per heavy atom. The van der Waals surface area contributed by atoms with Gasteiger partial charge < -0.3 is 5.32 Å². The number of carbonyl (C=O) groups excluding carboxylic acids is 1. The highest BCUT2D eigenvalue weighted by Crippen LogP contribution is 2.10. The maximum Gasteiger partial charge on any atom is 0.261 e. The lowest BCUT2D eigenvalue weighted by Gasteiger charge is -2.14. The van der Waals surface area contributed by atoms with Crippen LogP contribution < -0.4 is 10.9 Å². The Morgan fingerprint density at radius 1 is 1.26 bits per heavy atom. The van der Waals surface area contributed by atoms with Gasteiger partial charge in [-0.25, -0.2) is 4.98 Å². The first-order valence-electron chi connectivity index (χ1n) is 7.28. The largest absolute Gasteiger partial charge is 0.348 e. The highest BCUT2D eigenvalue weighted by atomic mass is 16.2. The Kier molecular flexibility index (Phi) is 4.14. The number of pyridine rings is 1. The van der Waals surface area contributed by atoms with Gasteiger partial charge >= 0.3 is 0 Å². The van der Waals surface area contributed by atoms with E-state index in [1.54, 1.807) is 6.07 Å². The normalized spacial score (nSPS) is 12.0. The third kappa shape index (κ3) is 3.26. The van der Waals surface area contributed by atoms with Gasteiger partial charge in [-0.05, 0) is 18.6 Å². The molecule has 0 fully saturated rings. The molecule has 3 rings (SSSR count). The molecule has 116 valence electrons. The van der Waals surface area contributed by atoms with Crippen molar-refractivity contribution >= 4 is 16.8 Å². The van der Waals surface area contributed by atoms with Crippen molar-refractivity contribution in [1.29, 1.82) is 0 Å². The second-order valence-corrected chi connectivity index (χ2v) is 5.27. The van der Waals surface area contributed by atoms with E-state index in [4.69, 9.17) is 0 Å². The van der Waals surface area contributed by atoms with Crippen molar-refractivity contribution < 1.29 is 4.79 Å². The first-order valence-corrected chi connectivity index (χ1v) is 7.28. The second kappa shape index (κ2) is 6.39. The number of aromatic nitrogens is 3. The zero-order valence-electron chi connectivity index (χ0n) is 12.6. The standard InChI is InChI=1S/C17H16N4O2/c1-12(13-5-3-2-4-6-13)20-16(22)10-21-11-19-15-9-18-8-7-14(15)17(21)23/h2-9,11-12H,10H2,1H3,(H,20,22)/t12-/m0/s1. The number of carbonyl (C=O) groups is 1. The van der Waals surface area contributed by atoms with Gasteiger partial charge in [0.25, 0.3) is 5.56 Å². The van der Waals surface area contributed by atoms with Crippen molar-refractivity contribution in [2.75, 3.05) is 0 Å². The predicted octanol–water partition coefficient (Wildman–Crippen LogP) is 1.67. The minimum atomic E-state index is -0.250. The predicted molar refractivity (Wildman–Crippen MR) is 86.8 cm³/mol. The molecular formula is C17H16N4O2. The van der Waals surface area contributed by atoms with E-state index >= 15 is 0 Å². The summed E-state index contributed by atoms with van der Waals surface area (Å²) in [4.78, 5) is 32.6. The van der Waals surface area contributed by atoms with Gasteiger partial charge in [0.05, 0.1) is 29.5 Å². The number of benzene rings is 1. The van der Waals surface area contributed by atoms with Crippen LogP contribution in [0.3, 0.4) is 0 Å². The molecular weight excluding hydrogens is 292 g/mol. The van der Waals surface area contributed by atoms with Crippen molar-refractivity contribution in [3.05, 3.63) is 71.0 Å². The first kappa shape index (κ1) is 14.9. The Balaban J connectivity index is 1.76. The van der Waals surface area contributed by atoms with E-state index in [0.29, 0.717) is 10.9 Å². The number of hydrogen-bond acceptors (Lipinski definition) is 4. The fraction of sp³-hybridized carbons (Fsp3) is 0.176. The molecule has 3 aromatic rings. The molecule has 0 aliphatic rings. The summed E-state index contributed by atoms with van der Waals surface area (Å²) in [5.74, 6) is -0.237. The van der Waals surface area contributed by atoms with Crippen molar-refractivity contribution in [2.24, 2.45) is 0 Å². The van der Waals surface area contributed by atoms with E-state index in [9.17, 15) is 9.59 Å². The van der Waals surface area contributed by atoms with Crippen LogP contribution in [0.25, 0.3) is 10.9 Å². The smallest absolute Gasteiger partial charge is 0.261 e. The van der Waals surface area contributed by atoms with E-state index < -0.39 is 0 Å². The monoisotopic (exact) mass is 308 g/mol. The molecule has 1 amide bonds. The lowest BCUT2D eigenvalue weighted by atomic mass is 10.1. The van der Waals surface area contributed by atoms with Crippen LogP contribution in [0.1, 0.15) is 18.5 Å². The van der Waals surface area contributed by atoms with Gasteiger partial charge in [0, 0.05) is 6.20 Å². The SMILES string of the molecule is C[C@H](NC(=O)Cn1cnc2cnccc2c1=O)c1ccccc1. The van der Waals surface area contributed by atoms with Crippen molar-refractivity contribution in [3.63, 3.8) is 0 Å². The molecule has 1 N–H and O–H groups in total. The van der Waals surface area contributed by atoms with Gasteiger partial charge in [0.1, 0.15) is 6.54 Å². The van der Waals surface area contributed by atoms with Crippen LogP contribution in [0.2, 0.25) is 0 Å². The lowest BCUT2D eigenvalue weighted by molar-refractivity contribution is -0.122. The average molecular weight is 308 g/mol. The van der Waals surface area contributed by atoms with Crippen LogP contribution in [0.4, 0.5) is 0 Å². The minimum Gasteiger partial charge on any atom is -0.348 e. The number of amides is 1. The molecule has 1 atom stereocenters. The highest BCUT2D eigenvalue weighted by molar-refractivity contribution is 5.78. The summed E-state index contributed by atoms with van der Waals surface area (Å²) in [5, 5.41) is 3.33. The molecule has 6 heteroatoms. The molecule has 23 heavy (non-hydrogen) atoms. The zero-order valence-corrected chi connectivity index (χ0v) is 12.6. The molecule has 0 saturated carbocycles. The van der Waals surface area contributed by atoms with Gasteiger partial charge in [-0.15, -0.1) is 0 Å². The maximum absolute atomic E-state index is 12.3. The van der Waals surface area contributed by atoms with Gasteiger partial charge in [-0.3, -0.25) is 19.1 Å². The van der Waals surface area contributed by atoms with Crippen LogP contribution in [-0.2, 0) is 11.3 Å². The molecule has 0 unspecified atom stereocenters. The molecule has 0 saturated heterocycles. The summed E-state index contributed by atoms with van der Waals surface area (Å²) >= 11 is 0. The Labute approximate surface area is 132 Å². The molecule has 0 radical (unpaired) electrons. The minimum absolute atomic E-state index is 0.0682. The molecule has 0 aliphatic carbocycles. The maximum atomic E-state index is 12.3. The Hall–Kier alpha value is -3.02. The number of hydrogen-bond donors (Lipinski definition) is 1. The Bertz CT molecular complexity index is 890. The summed E-state index contributed by atoms with van der Waals surface area (Å²) in [5.41, 5.74) is 1.28. The molecule has 6 nitrogen and oxygen atoms in total. The van der Waals surface area contributed by atoms with Gasteiger partial charge in [-0.2, -0.15) is 0 Å². The summed E-state index contributed by atoms with van der Waals surface area (Å²) < 4.78 is 1.30. The third-order valence-electron chi connectivity index (χ3n) is 3.62. The fourth-order valence-electron chi connectivity index (χ4n) is 2.39. The number of nitrogens with zero attached hydrogens (tertiary/aromatic N) is 3. The molecule has 0 spiro atoms. The van der Waals surface area contributed by atoms with Crippen LogP contribution in [0.5, 0.6) is 0 Å². The van der Waals surface area contributed by atoms with Crippen molar-refractivity contribution in [2.45, 2.75) is 19.5 Å². The lowest BCUT2D eigenvalue weighted by Crippen LogP contribution is -2.34. The summed E-state index contributed by atoms with van der Waals surface area (Å²) in [6.07, 6.45) is 4.44. The summed E-state index contributed by atoms with van der Waals surface area (Å²) in [6.45, 7) is 1.83. The average Bonchev–Trinajstić information content (AvgIpc) is 2.58. The van der Waals surface area contributed by atoms with Gasteiger partial charge in [0.15, 0.2) is 0 Å². The van der Waals surface area contributed by atoms with Crippen molar-refractivity contribution in [3.8, 4) is 0 Å². The summed E-state index contributed by atoms with van der Waals surface area (Å²) in [7, 11) is 0. The number of rotatable bonds is 4. The van der Waals surface area contributed by atoms with E-state index in [1.165, 1.54) is 23.3 Å². The quantitative estimate of drug-likeness (QED) is 0.795. The third-order valence-corrected chi connectivity index (χ3v) is 3.62. The summed E-state index contributed by atoms with van der Waals surface area (Å²) in [6, 6.07) is 11.1. The molecule has 2 aromatic heterocycles. The van der Waals surface area contributed by atoms with Crippen LogP contribution >= 0.6 is 0 Å². The van der Waals surface area contributed by atoms with E-state index in [2.05, 4.69) is 15.3 Å². The molecule has 0 aliphatic heterocycles. The van der Waals surface area contributed by atoms with Crippen LogP contribution in [0, 0.1) is 0 Å². The topological polar surface area (TPSA) is 76.9 Å². The van der Waals surface area contributed by atoms with Gasteiger partial charge in [-0.1, -0.05) is 30.3 Å². The first-order chi connectivity index (χ1) is 11.1. The van der Waals surface area contributed by atoms with E-state index in [0.717, 1.165) is 5.56 Å². The Morgan fingerprint density at radius 2 is 2.04 bits per heavy atom. The van der Waals surface area contributed by atoms with E-state index in [1.807, 2.05) is 37.3 Å². The van der Waals surface area contributed by atoms with Gasteiger partial charge in [0.2, 0.25) is 5.91 Å². The molecule has 0 bridgehead atoms. The van der Waals surface area contributed by atoms with Crippen LogP contribution in [0.15, 0.2) is 59.9 Å².